The second-order valence-corrected chi connectivity index (χ2v) is 4.82. The van der Waals surface area contributed by atoms with E-state index in [0.29, 0.717) is 0 Å². The summed E-state index contributed by atoms with van der Waals surface area (Å²) >= 11 is 1.89. The van der Waals surface area contributed by atoms with Crippen molar-refractivity contribution in [2.45, 2.75) is 20.4 Å². The molecule has 74 valence electrons. The minimum atomic E-state index is 0.736. The van der Waals surface area contributed by atoms with Gasteiger partial charge in [0.05, 0.1) is 0 Å². The highest BCUT2D eigenvalue weighted by molar-refractivity contribution is 7.12. The quantitative estimate of drug-likeness (QED) is 0.798. The lowest BCUT2D eigenvalue weighted by Crippen LogP contribution is -2.24. The fourth-order valence-corrected chi connectivity index (χ4v) is 2.43. The molecule has 0 spiro atoms. The van der Waals surface area contributed by atoms with Gasteiger partial charge in [0.15, 0.2) is 0 Å². The minimum Gasteiger partial charge on any atom is -0.329 e. The predicted molar refractivity (Wildman–Crippen MR) is 59.2 cm³/mol. The highest BCUT2D eigenvalue weighted by atomic mass is 32.1. The van der Waals surface area contributed by atoms with E-state index in [2.05, 4.69) is 31.9 Å². The first-order valence-electron chi connectivity index (χ1n) is 4.58. The van der Waals surface area contributed by atoms with Crippen LogP contribution in [0.25, 0.3) is 0 Å². The van der Waals surface area contributed by atoms with E-state index in [-0.39, 0.29) is 0 Å². The van der Waals surface area contributed by atoms with Crippen LogP contribution >= 0.6 is 11.3 Å². The summed E-state index contributed by atoms with van der Waals surface area (Å²) < 4.78 is 0. The van der Waals surface area contributed by atoms with Crippen molar-refractivity contribution in [3.8, 4) is 0 Å². The lowest BCUT2D eigenvalue weighted by atomic mass is 10.3. The van der Waals surface area contributed by atoms with Gasteiger partial charge in [-0.3, -0.25) is 0 Å². The number of hydrogen-bond acceptors (Lipinski definition) is 3. The van der Waals surface area contributed by atoms with E-state index in [1.807, 2.05) is 11.3 Å². The Kier molecular flexibility index (Phi) is 3.90. The summed E-state index contributed by atoms with van der Waals surface area (Å²) in [4.78, 5) is 5.12. The molecule has 0 radical (unpaired) electrons. The second-order valence-electron chi connectivity index (χ2n) is 3.48. The molecule has 13 heavy (non-hydrogen) atoms. The van der Waals surface area contributed by atoms with E-state index < -0.39 is 0 Å². The Morgan fingerprint density at radius 2 is 2.15 bits per heavy atom. The summed E-state index contributed by atoms with van der Waals surface area (Å²) in [5.41, 5.74) is 6.88. The van der Waals surface area contributed by atoms with Gasteiger partial charge in [0.2, 0.25) is 0 Å². The van der Waals surface area contributed by atoms with E-state index in [0.717, 1.165) is 19.6 Å². The van der Waals surface area contributed by atoms with Gasteiger partial charge in [0.1, 0.15) is 0 Å². The molecule has 0 saturated heterocycles. The van der Waals surface area contributed by atoms with E-state index in [4.69, 9.17) is 5.73 Å². The van der Waals surface area contributed by atoms with Gasteiger partial charge in [-0.15, -0.1) is 11.3 Å². The minimum absolute atomic E-state index is 0.736. The summed E-state index contributed by atoms with van der Waals surface area (Å²) in [6.07, 6.45) is 0. The summed E-state index contributed by atoms with van der Waals surface area (Å²) in [6.45, 7) is 7.07. The van der Waals surface area contributed by atoms with Crippen LogP contribution in [0, 0.1) is 13.8 Å². The van der Waals surface area contributed by atoms with E-state index in [9.17, 15) is 0 Å². The van der Waals surface area contributed by atoms with Crippen LogP contribution in [0.3, 0.4) is 0 Å². The summed E-state index contributed by atoms with van der Waals surface area (Å²) in [5, 5.41) is 0. The van der Waals surface area contributed by atoms with Crippen molar-refractivity contribution < 1.29 is 0 Å². The fourth-order valence-electron chi connectivity index (χ4n) is 1.29. The van der Waals surface area contributed by atoms with Crippen molar-refractivity contribution in [1.29, 1.82) is 0 Å². The molecule has 0 aliphatic heterocycles. The molecule has 1 aromatic heterocycles. The Morgan fingerprint density at radius 1 is 1.46 bits per heavy atom. The molecule has 1 aromatic rings. The number of thiophene rings is 1. The number of likely N-dealkylation sites (N-methyl/N-ethyl adjacent to an activating group) is 1. The average Bonchev–Trinajstić information content (AvgIpc) is 2.31. The van der Waals surface area contributed by atoms with Crippen molar-refractivity contribution in [1.82, 2.24) is 4.90 Å². The maximum Gasteiger partial charge on any atom is 0.0325 e. The van der Waals surface area contributed by atoms with Crippen LogP contribution < -0.4 is 5.73 Å². The second kappa shape index (κ2) is 4.74. The Labute approximate surface area is 84.4 Å². The standard InChI is InChI=1S/C10H18N2S/c1-8-6-10(13-9(8)2)7-12(3)5-4-11/h6H,4-5,7,11H2,1-3H3. The highest BCUT2D eigenvalue weighted by Crippen LogP contribution is 2.21. The molecular formula is C10H18N2S. The van der Waals surface area contributed by atoms with Crippen LogP contribution in [0.2, 0.25) is 0 Å². The molecule has 3 heteroatoms. The third kappa shape index (κ3) is 3.10. The van der Waals surface area contributed by atoms with Crippen LogP contribution in [-0.2, 0) is 6.54 Å². The normalized spacial score (nSPS) is 11.2. The predicted octanol–water partition coefficient (Wildman–Crippen LogP) is 1.76. The molecule has 0 fully saturated rings. The third-order valence-corrected chi connectivity index (χ3v) is 3.29. The topological polar surface area (TPSA) is 29.3 Å². The monoisotopic (exact) mass is 198 g/mol. The molecule has 0 aliphatic rings. The van der Waals surface area contributed by atoms with E-state index in [1.54, 1.807) is 0 Å². The molecule has 0 saturated carbocycles. The molecular weight excluding hydrogens is 180 g/mol. The molecule has 0 atom stereocenters. The summed E-state index contributed by atoms with van der Waals surface area (Å²) in [6, 6.07) is 2.27. The lowest BCUT2D eigenvalue weighted by molar-refractivity contribution is 0.339. The zero-order valence-electron chi connectivity index (χ0n) is 8.63. The van der Waals surface area contributed by atoms with Gasteiger partial charge in [-0.1, -0.05) is 0 Å². The van der Waals surface area contributed by atoms with Gasteiger partial charge >= 0.3 is 0 Å². The molecule has 0 bridgehead atoms. The Morgan fingerprint density at radius 3 is 2.62 bits per heavy atom. The zero-order chi connectivity index (χ0) is 9.84. The number of nitrogens with two attached hydrogens (primary N) is 1. The first kappa shape index (κ1) is 10.7. The van der Waals surface area contributed by atoms with Crippen LogP contribution in [0.5, 0.6) is 0 Å². The van der Waals surface area contributed by atoms with Crippen molar-refractivity contribution in [3.63, 3.8) is 0 Å². The Hall–Kier alpha value is -0.380. The maximum absolute atomic E-state index is 5.48. The number of rotatable bonds is 4. The molecule has 0 amide bonds. The molecule has 2 N–H and O–H groups in total. The number of hydrogen-bond donors (Lipinski definition) is 1. The number of aryl methyl sites for hydroxylation is 2. The molecule has 0 aliphatic carbocycles. The van der Waals surface area contributed by atoms with Crippen molar-refractivity contribution >= 4 is 11.3 Å². The van der Waals surface area contributed by atoms with Crippen molar-refractivity contribution in [2.24, 2.45) is 5.73 Å². The van der Waals surface area contributed by atoms with Crippen LogP contribution in [0.1, 0.15) is 15.3 Å². The van der Waals surface area contributed by atoms with Gasteiger partial charge in [0.25, 0.3) is 0 Å². The summed E-state index contributed by atoms with van der Waals surface area (Å²) in [5.74, 6) is 0. The molecule has 1 rings (SSSR count). The van der Waals surface area contributed by atoms with Gasteiger partial charge in [-0.2, -0.15) is 0 Å². The first-order chi connectivity index (χ1) is 6.13. The fraction of sp³-hybridized carbons (Fsp3) is 0.600. The Bertz CT molecular complexity index is 248. The SMILES string of the molecule is Cc1cc(CN(C)CCN)sc1C. The van der Waals surface area contributed by atoms with Crippen LogP contribution in [0.4, 0.5) is 0 Å². The van der Waals surface area contributed by atoms with Gasteiger partial charge in [-0.05, 0) is 32.5 Å². The van der Waals surface area contributed by atoms with E-state index >= 15 is 0 Å². The molecule has 0 aromatic carbocycles. The van der Waals surface area contributed by atoms with Crippen LogP contribution in [-0.4, -0.2) is 25.0 Å². The third-order valence-electron chi connectivity index (χ3n) is 2.15. The number of nitrogens with zero attached hydrogens (tertiary/aromatic N) is 1. The van der Waals surface area contributed by atoms with E-state index in [1.165, 1.54) is 15.3 Å². The van der Waals surface area contributed by atoms with Crippen molar-refractivity contribution in [3.05, 3.63) is 21.4 Å². The van der Waals surface area contributed by atoms with Crippen molar-refractivity contribution in [2.75, 3.05) is 20.1 Å². The Balaban J connectivity index is 2.53. The molecule has 2 nitrogen and oxygen atoms in total. The summed E-state index contributed by atoms with van der Waals surface area (Å²) in [7, 11) is 2.11. The van der Waals surface area contributed by atoms with Crippen LogP contribution in [0.15, 0.2) is 6.07 Å². The average molecular weight is 198 g/mol. The largest absolute Gasteiger partial charge is 0.329 e. The molecule has 1 heterocycles. The zero-order valence-corrected chi connectivity index (χ0v) is 9.45. The molecule has 0 unspecified atom stereocenters. The van der Waals surface area contributed by atoms with Gasteiger partial charge in [0, 0.05) is 29.4 Å². The highest BCUT2D eigenvalue weighted by Gasteiger charge is 2.03. The first-order valence-corrected chi connectivity index (χ1v) is 5.39. The van der Waals surface area contributed by atoms with Gasteiger partial charge in [-0.25, -0.2) is 0 Å². The lowest BCUT2D eigenvalue weighted by Gasteiger charge is -2.13. The maximum atomic E-state index is 5.48. The smallest absolute Gasteiger partial charge is 0.0325 e. The van der Waals surface area contributed by atoms with Gasteiger partial charge < -0.3 is 10.6 Å².